The van der Waals surface area contributed by atoms with Gasteiger partial charge in [-0.2, -0.15) is 13.2 Å². The predicted octanol–water partition coefficient (Wildman–Crippen LogP) is 4.21. The maximum atomic E-state index is 14.1. The second kappa shape index (κ2) is 7.14. The van der Waals surface area contributed by atoms with E-state index in [4.69, 9.17) is 0 Å². The van der Waals surface area contributed by atoms with E-state index in [9.17, 15) is 22.4 Å². The Bertz CT molecular complexity index is 1060. The number of halogens is 4. The molecule has 0 fully saturated rings. The minimum atomic E-state index is -4.53. The number of aromatic amines is 1. The van der Waals surface area contributed by atoms with Gasteiger partial charge in [0, 0.05) is 30.8 Å². The molecule has 0 saturated heterocycles. The van der Waals surface area contributed by atoms with Gasteiger partial charge in [-0.05, 0) is 36.1 Å². The van der Waals surface area contributed by atoms with Gasteiger partial charge in [-0.3, -0.25) is 9.69 Å². The fraction of sp³-hybridized carbons (Fsp3) is 0.263. The van der Waals surface area contributed by atoms with E-state index >= 15 is 0 Å². The van der Waals surface area contributed by atoms with Gasteiger partial charge in [0.2, 0.25) is 0 Å². The van der Waals surface area contributed by atoms with E-state index in [1.165, 1.54) is 11.3 Å². The summed E-state index contributed by atoms with van der Waals surface area (Å²) in [6.45, 7) is 0.719. The third kappa shape index (κ3) is 3.72. The second-order valence-corrected chi connectivity index (χ2v) is 7.53. The molecule has 28 heavy (non-hydrogen) atoms. The van der Waals surface area contributed by atoms with Gasteiger partial charge in [-0.25, -0.2) is 9.37 Å². The van der Waals surface area contributed by atoms with E-state index < -0.39 is 17.6 Å². The summed E-state index contributed by atoms with van der Waals surface area (Å²) in [5.74, 6) is -0.220. The zero-order valence-electron chi connectivity index (χ0n) is 14.5. The summed E-state index contributed by atoms with van der Waals surface area (Å²) in [5.41, 5.74) is 0.0302. The third-order valence-electron chi connectivity index (χ3n) is 4.67. The molecule has 2 aromatic heterocycles. The smallest absolute Gasteiger partial charge is 0.306 e. The molecule has 1 N–H and O–H groups in total. The molecule has 1 aromatic carbocycles. The summed E-state index contributed by atoms with van der Waals surface area (Å²) < 4.78 is 52.8. The number of alkyl halides is 3. The molecule has 0 spiro atoms. The van der Waals surface area contributed by atoms with E-state index in [0.717, 1.165) is 23.1 Å². The Morgan fingerprint density at radius 3 is 2.79 bits per heavy atom. The minimum Gasteiger partial charge on any atom is -0.306 e. The molecule has 4 nitrogen and oxygen atoms in total. The fourth-order valence-corrected chi connectivity index (χ4v) is 3.94. The molecule has 0 bridgehead atoms. The maximum absolute atomic E-state index is 14.1. The number of hydrogen-bond donors (Lipinski definition) is 1. The van der Waals surface area contributed by atoms with Gasteiger partial charge in [0.05, 0.1) is 16.1 Å². The Morgan fingerprint density at radius 2 is 2.07 bits per heavy atom. The molecule has 1 aliphatic rings. The van der Waals surface area contributed by atoms with Crippen molar-refractivity contribution in [1.82, 2.24) is 14.9 Å². The van der Waals surface area contributed by atoms with Gasteiger partial charge < -0.3 is 4.98 Å². The second-order valence-electron chi connectivity index (χ2n) is 6.58. The van der Waals surface area contributed by atoms with Gasteiger partial charge in [0.15, 0.2) is 5.82 Å². The average molecular weight is 409 g/mol. The van der Waals surface area contributed by atoms with Crippen LogP contribution in [0.15, 0.2) is 40.5 Å². The van der Waals surface area contributed by atoms with Gasteiger partial charge in [0.1, 0.15) is 5.82 Å². The summed E-state index contributed by atoms with van der Waals surface area (Å²) in [6.07, 6.45) is -4.12. The van der Waals surface area contributed by atoms with Crippen molar-refractivity contribution in [2.75, 3.05) is 6.54 Å². The van der Waals surface area contributed by atoms with Crippen LogP contribution in [0.1, 0.15) is 22.4 Å². The Hall–Kier alpha value is -2.52. The topological polar surface area (TPSA) is 49.0 Å². The van der Waals surface area contributed by atoms with Crippen molar-refractivity contribution in [2.24, 2.45) is 0 Å². The third-order valence-corrected chi connectivity index (χ3v) is 5.55. The molecule has 0 atom stereocenters. The van der Waals surface area contributed by atoms with Crippen molar-refractivity contribution < 1.29 is 17.6 Å². The van der Waals surface area contributed by atoms with Crippen LogP contribution in [-0.2, 0) is 25.7 Å². The fourth-order valence-electron chi connectivity index (χ4n) is 3.27. The summed E-state index contributed by atoms with van der Waals surface area (Å²) in [6, 6.07) is 6.11. The van der Waals surface area contributed by atoms with Crippen LogP contribution in [-0.4, -0.2) is 21.4 Å². The molecule has 1 aliphatic heterocycles. The molecule has 4 rings (SSSR count). The Kier molecular flexibility index (Phi) is 4.80. The van der Waals surface area contributed by atoms with E-state index in [0.29, 0.717) is 30.0 Å². The molecular formula is C19H15F4N3OS. The van der Waals surface area contributed by atoms with Crippen molar-refractivity contribution in [3.8, 4) is 10.7 Å². The zero-order valence-corrected chi connectivity index (χ0v) is 15.3. The first-order valence-corrected chi connectivity index (χ1v) is 9.43. The number of H-pyrrole nitrogens is 1. The zero-order chi connectivity index (χ0) is 19.9. The van der Waals surface area contributed by atoms with Crippen molar-refractivity contribution >= 4 is 11.3 Å². The molecule has 146 valence electrons. The molecule has 0 unspecified atom stereocenters. The number of benzene rings is 1. The largest absolute Gasteiger partial charge is 0.416 e. The van der Waals surface area contributed by atoms with Crippen molar-refractivity contribution in [3.05, 3.63) is 74.3 Å². The number of nitrogens with zero attached hydrogens (tertiary/aromatic N) is 2. The number of fused-ring (bicyclic) bond motifs is 1. The lowest BCUT2D eigenvalue weighted by atomic mass is 10.0. The first-order valence-electron chi connectivity index (χ1n) is 8.55. The highest BCUT2D eigenvalue weighted by molar-refractivity contribution is 7.13. The number of thiophene rings is 1. The number of hydrogen-bond acceptors (Lipinski definition) is 4. The SMILES string of the molecule is O=c1[nH]c(-c2cccs2)nc2c1CCN(Cc1cc(C(F)(F)F)ccc1F)C2. The lowest BCUT2D eigenvalue weighted by Gasteiger charge is -2.28. The first-order chi connectivity index (χ1) is 13.3. The van der Waals surface area contributed by atoms with Crippen LogP contribution in [0.4, 0.5) is 17.6 Å². The van der Waals surface area contributed by atoms with Gasteiger partial charge in [-0.15, -0.1) is 11.3 Å². The lowest BCUT2D eigenvalue weighted by Crippen LogP contribution is -2.35. The highest BCUT2D eigenvalue weighted by Gasteiger charge is 2.31. The highest BCUT2D eigenvalue weighted by Crippen LogP contribution is 2.31. The van der Waals surface area contributed by atoms with E-state index in [1.807, 2.05) is 17.5 Å². The van der Waals surface area contributed by atoms with Crippen LogP contribution in [0.3, 0.4) is 0 Å². The molecule has 0 aliphatic carbocycles. The first kappa shape index (κ1) is 18.8. The monoisotopic (exact) mass is 409 g/mol. The summed E-state index contributed by atoms with van der Waals surface area (Å²) in [7, 11) is 0. The molecule has 3 aromatic rings. The van der Waals surface area contributed by atoms with Crippen LogP contribution >= 0.6 is 11.3 Å². The van der Waals surface area contributed by atoms with Crippen molar-refractivity contribution in [2.45, 2.75) is 25.7 Å². The van der Waals surface area contributed by atoms with E-state index in [2.05, 4.69) is 9.97 Å². The Balaban J connectivity index is 1.60. The number of aromatic nitrogens is 2. The van der Waals surface area contributed by atoms with Crippen LogP contribution in [0.5, 0.6) is 0 Å². The quantitative estimate of drug-likeness (QED) is 0.660. The Labute approximate surface area is 161 Å². The molecule has 0 amide bonds. The van der Waals surface area contributed by atoms with Crippen molar-refractivity contribution in [1.29, 1.82) is 0 Å². The van der Waals surface area contributed by atoms with E-state index in [-0.39, 0.29) is 24.2 Å². The number of rotatable bonds is 3. The lowest BCUT2D eigenvalue weighted by molar-refractivity contribution is -0.137. The molecule has 0 radical (unpaired) electrons. The minimum absolute atomic E-state index is 0.0119. The van der Waals surface area contributed by atoms with E-state index in [1.54, 1.807) is 4.90 Å². The standard InChI is InChI=1S/C19H15F4N3OS/c20-14-4-3-12(19(21,22)23)8-11(14)9-26-6-5-13-15(10-26)24-17(25-18(13)27)16-2-1-7-28-16/h1-4,7-8H,5-6,9-10H2,(H,24,25,27). The number of nitrogens with one attached hydrogen (secondary N) is 1. The van der Waals surface area contributed by atoms with Gasteiger partial charge in [-0.1, -0.05) is 6.07 Å². The van der Waals surface area contributed by atoms with Crippen LogP contribution in [0, 0.1) is 5.82 Å². The molecule has 3 heterocycles. The van der Waals surface area contributed by atoms with Gasteiger partial charge >= 0.3 is 6.18 Å². The molecular weight excluding hydrogens is 394 g/mol. The maximum Gasteiger partial charge on any atom is 0.416 e. The predicted molar refractivity (Wildman–Crippen MR) is 97.4 cm³/mol. The summed E-state index contributed by atoms with van der Waals surface area (Å²) in [5, 5.41) is 1.87. The summed E-state index contributed by atoms with van der Waals surface area (Å²) in [4.78, 5) is 22.3. The molecule has 0 saturated carbocycles. The normalized spacial score (nSPS) is 14.9. The van der Waals surface area contributed by atoms with Crippen LogP contribution in [0.25, 0.3) is 10.7 Å². The summed E-state index contributed by atoms with van der Waals surface area (Å²) >= 11 is 1.44. The average Bonchev–Trinajstić information content (AvgIpc) is 3.17. The van der Waals surface area contributed by atoms with Crippen LogP contribution < -0.4 is 5.56 Å². The van der Waals surface area contributed by atoms with Crippen LogP contribution in [0.2, 0.25) is 0 Å². The van der Waals surface area contributed by atoms with Gasteiger partial charge in [0.25, 0.3) is 5.56 Å². The van der Waals surface area contributed by atoms with Crippen molar-refractivity contribution in [3.63, 3.8) is 0 Å². The Morgan fingerprint density at radius 1 is 1.25 bits per heavy atom. The highest BCUT2D eigenvalue weighted by atomic mass is 32.1. The molecule has 9 heteroatoms.